The van der Waals surface area contributed by atoms with Gasteiger partial charge < -0.3 is 35.1 Å². The zero-order valence-electron chi connectivity index (χ0n) is 31.3. The summed E-state index contributed by atoms with van der Waals surface area (Å²) in [5, 5.41) is 22.1. The fourth-order valence-electron chi connectivity index (χ4n) is 3.77. The van der Waals surface area contributed by atoms with Crippen molar-refractivity contribution in [3.8, 4) is 0 Å². The Morgan fingerprint density at radius 1 is 0.596 bits per heavy atom. The first-order chi connectivity index (χ1) is 22.3. The number of aliphatic hydroxyl groups excluding tert-OH is 1. The van der Waals surface area contributed by atoms with Crippen LogP contribution in [0.15, 0.2) is 0 Å². The zero-order valence-corrected chi connectivity index (χ0v) is 31.3. The van der Waals surface area contributed by atoms with Gasteiger partial charge >= 0.3 is 11.9 Å². The molecule has 2 unspecified atom stereocenters. The number of amides is 2. The van der Waals surface area contributed by atoms with E-state index < -0.39 is 5.97 Å². The first kappa shape index (κ1) is 49.2. The Balaban J connectivity index is -0.000000688. The topological polar surface area (TPSA) is 160 Å². The van der Waals surface area contributed by atoms with Gasteiger partial charge in [-0.1, -0.05) is 92.9 Å². The highest BCUT2D eigenvalue weighted by molar-refractivity contribution is 5.81. The Morgan fingerprint density at radius 3 is 1.40 bits per heavy atom. The number of aliphatic carboxylic acids is 1. The number of rotatable bonds is 27. The number of hydrogen-bond donors (Lipinski definition) is 4. The van der Waals surface area contributed by atoms with Crippen molar-refractivity contribution in [2.45, 2.75) is 144 Å². The van der Waals surface area contributed by atoms with E-state index in [1.807, 2.05) is 0 Å². The van der Waals surface area contributed by atoms with Gasteiger partial charge in [0.2, 0.25) is 11.8 Å². The molecule has 2 atom stereocenters. The Morgan fingerprint density at radius 2 is 1.02 bits per heavy atom. The molecule has 0 aliphatic rings. The van der Waals surface area contributed by atoms with E-state index in [1.165, 1.54) is 58.4 Å². The Kier molecular flexibility index (Phi) is 35.2. The van der Waals surface area contributed by atoms with E-state index in [9.17, 15) is 24.3 Å². The standard InChI is InChI=1S/C18H35NO4.C13H28O2.C5H9NO3/c1-5-7-8-9-10-13-22-14-18(3,6-2)15-23-17(21)12-11-16(20)19-4;1-4-6-7-8-9-10-15-12-13(3,5-2)11-14;1-6-4(7)2-3-5(8)9/h5-15H2,1-4H3,(H,19,20);14H,4-12H2,1-3H3;2-3H2,1H3,(H,6,7)(H,8,9). The van der Waals surface area contributed by atoms with E-state index in [1.54, 1.807) is 7.05 Å². The van der Waals surface area contributed by atoms with Crippen molar-refractivity contribution < 1.29 is 43.6 Å². The summed E-state index contributed by atoms with van der Waals surface area (Å²) in [6, 6.07) is 0. The molecule has 280 valence electrons. The van der Waals surface area contributed by atoms with Crippen LogP contribution in [-0.4, -0.2) is 87.7 Å². The maximum absolute atomic E-state index is 11.7. The first-order valence-corrected chi connectivity index (χ1v) is 17.9. The predicted molar refractivity (Wildman–Crippen MR) is 188 cm³/mol. The molecule has 0 aromatic heterocycles. The van der Waals surface area contributed by atoms with E-state index >= 15 is 0 Å². The van der Waals surface area contributed by atoms with Gasteiger partial charge in [-0.15, -0.1) is 0 Å². The number of carbonyl (C=O) groups is 4. The molecule has 0 aliphatic carbocycles. The molecule has 47 heavy (non-hydrogen) atoms. The van der Waals surface area contributed by atoms with E-state index in [0.29, 0.717) is 19.8 Å². The maximum atomic E-state index is 11.7. The number of hydrogen-bond acceptors (Lipinski definition) is 8. The molecule has 11 nitrogen and oxygen atoms in total. The molecule has 0 spiro atoms. The minimum absolute atomic E-state index is 0.0383. The maximum Gasteiger partial charge on any atom is 0.306 e. The molecule has 4 N–H and O–H groups in total. The van der Waals surface area contributed by atoms with Crippen LogP contribution in [0, 0.1) is 10.8 Å². The highest BCUT2D eigenvalue weighted by Crippen LogP contribution is 2.23. The quantitative estimate of drug-likeness (QED) is 0.0567. The Labute approximate surface area is 286 Å². The van der Waals surface area contributed by atoms with Crippen molar-refractivity contribution >= 4 is 23.8 Å². The average Bonchev–Trinajstić information content (AvgIpc) is 3.08. The molecule has 0 aliphatic heterocycles. The number of unbranched alkanes of at least 4 members (excludes halogenated alkanes) is 8. The third kappa shape index (κ3) is 34.9. The van der Waals surface area contributed by atoms with Gasteiger partial charge in [0.05, 0.1) is 39.3 Å². The van der Waals surface area contributed by atoms with E-state index in [4.69, 9.17) is 19.3 Å². The van der Waals surface area contributed by atoms with Crippen LogP contribution in [0.2, 0.25) is 0 Å². The molecule has 0 aromatic carbocycles. The summed E-state index contributed by atoms with van der Waals surface area (Å²) >= 11 is 0. The summed E-state index contributed by atoms with van der Waals surface area (Å²) < 4.78 is 16.7. The highest BCUT2D eigenvalue weighted by Gasteiger charge is 2.25. The largest absolute Gasteiger partial charge is 0.481 e. The number of esters is 1. The van der Waals surface area contributed by atoms with Crippen LogP contribution in [0.5, 0.6) is 0 Å². The van der Waals surface area contributed by atoms with Crippen molar-refractivity contribution in [3.05, 3.63) is 0 Å². The fourth-order valence-corrected chi connectivity index (χ4v) is 3.77. The highest BCUT2D eigenvalue weighted by atomic mass is 16.5. The number of nitrogens with one attached hydrogen (secondary N) is 2. The molecule has 0 saturated heterocycles. The molecule has 0 radical (unpaired) electrons. The summed E-state index contributed by atoms with van der Waals surface area (Å²) in [7, 11) is 3.03. The van der Waals surface area contributed by atoms with Crippen LogP contribution in [0.4, 0.5) is 0 Å². The van der Waals surface area contributed by atoms with Crippen molar-refractivity contribution in [2.24, 2.45) is 10.8 Å². The lowest BCUT2D eigenvalue weighted by Gasteiger charge is -2.27. The van der Waals surface area contributed by atoms with Crippen LogP contribution in [0.25, 0.3) is 0 Å². The van der Waals surface area contributed by atoms with Gasteiger partial charge in [0.1, 0.15) is 0 Å². The Bertz CT molecular complexity index is 776. The molecule has 0 bridgehead atoms. The second-order valence-electron chi connectivity index (χ2n) is 12.8. The fraction of sp³-hybridized carbons (Fsp3) is 0.889. The summed E-state index contributed by atoms with van der Waals surface area (Å²) in [5.41, 5.74) is -0.199. The third-order valence-corrected chi connectivity index (χ3v) is 8.04. The summed E-state index contributed by atoms with van der Waals surface area (Å²) in [5.74, 6) is -1.66. The lowest BCUT2D eigenvalue weighted by atomic mass is 9.90. The van der Waals surface area contributed by atoms with Crippen molar-refractivity contribution in [1.82, 2.24) is 10.6 Å². The zero-order chi connectivity index (χ0) is 36.4. The number of carboxylic acids is 1. The van der Waals surface area contributed by atoms with E-state index in [0.717, 1.165) is 38.9 Å². The SMILES string of the molecule is CCCCCCCOCC(C)(CC)CO.CCCCCCCOCC(C)(CC)COC(=O)CCC(=O)NC.CNC(=O)CCC(=O)O. The number of ether oxygens (including phenoxy) is 3. The molecular weight excluding hydrogens is 604 g/mol. The van der Waals surface area contributed by atoms with Crippen molar-refractivity contribution in [2.75, 3.05) is 53.7 Å². The molecule has 0 rings (SSSR count). The van der Waals surface area contributed by atoms with Gasteiger partial charge in [0.25, 0.3) is 0 Å². The van der Waals surface area contributed by atoms with Crippen LogP contribution in [0.3, 0.4) is 0 Å². The molecule has 0 heterocycles. The monoisotopic (exact) mass is 677 g/mol. The average molecular weight is 677 g/mol. The van der Waals surface area contributed by atoms with Gasteiger partial charge in [0, 0.05) is 51.0 Å². The van der Waals surface area contributed by atoms with Gasteiger partial charge in [-0.05, 0) is 25.7 Å². The summed E-state index contributed by atoms with van der Waals surface area (Å²) in [6.45, 7) is 16.2. The van der Waals surface area contributed by atoms with Crippen molar-refractivity contribution in [1.29, 1.82) is 0 Å². The van der Waals surface area contributed by atoms with Gasteiger partial charge in [-0.3, -0.25) is 19.2 Å². The predicted octanol–water partition coefficient (Wildman–Crippen LogP) is 6.44. The third-order valence-electron chi connectivity index (χ3n) is 8.04. The lowest BCUT2D eigenvalue weighted by molar-refractivity contribution is -0.149. The lowest BCUT2D eigenvalue weighted by Crippen LogP contribution is -2.30. The molecule has 11 heteroatoms. The summed E-state index contributed by atoms with van der Waals surface area (Å²) in [6.07, 6.45) is 14.6. The second kappa shape index (κ2) is 33.7. The normalized spacial score (nSPS) is 13.0. The van der Waals surface area contributed by atoms with Crippen LogP contribution < -0.4 is 10.6 Å². The molecule has 0 saturated carbocycles. The van der Waals surface area contributed by atoms with Crippen molar-refractivity contribution in [3.63, 3.8) is 0 Å². The molecule has 2 amide bonds. The number of carbonyl (C=O) groups excluding carboxylic acids is 3. The number of aliphatic hydroxyl groups is 1. The second-order valence-corrected chi connectivity index (χ2v) is 12.8. The summed E-state index contributed by atoms with van der Waals surface area (Å²) in [4.78, 5) is 42.9. The molecular formula is C36H72N2O9. The van der Waals surface area contributed by atoms with Crippen LogP contribution in [0.1, 0.15) is 144 Å². The van der Waals surface area contributed by atoms with Gasteiger partial charge in [-0.2, -0.15) is 0 Å². The number of carboxylic acid groups (broad SMARTS) is 1. The van der Waals surface area contributed by atoms with Gasteiger partial charge in [0.15, 0.2) is 0 Å². The first-order valence-electron chi connectivity index (χ1n) is 17.9. The van der Waals surface area contributed by atoms with Crippen LogP contribution in [-0.2, 0) is 33.4 Å². The van der Waals surface area contributed by atoms with Crippen LogP contribution >= 0.6 is 0 Å². The minimum atomic E-state index is -0.946. The minimum Gasteiger partial charge on any atom is -0.481 e. The molecule has 0 fully saturated rings. The smallest absolute Gasteiger partial charge is 0.306 e. The van der Waals surface area contributed by atoms with E-state index in [-0.39, 0.29) is 60.9 Å². The van der Waals surface area contributed by atoms with E-state index in [2.05, 4.69) is 52.2 Å². The molecule has 0 aromatic rings. The Hall–Kier alpha value is -2.24. The van der Waals surface area contributed by atoms with Gasteiger partial charge in [-0.25, -0.2) is 0 Å².